The molecular weight excluding hydrogens is 268 g/mol. The number of hydrogen-bond donors (Lipinski definition) is 2. The van der Waals surface area contributed by atoms with E-state index in [9.17, 15) is 10.2 Å². The van der Waals surface area contributed by atoms with E-state index in [0.717, 1.165) is 5.57 Å². The Labute approximate surface area is 118 Å². The second-order valence-electron chi connectivity index (χ2n) is 4.76. The van der Waals surface area contributed by atoms with Crippen molar-refractivity contribution in [1.82, 2.24) is 0 Å². The molecule has 2 N–H and O–H groups in total. The monoisotopic (exact) mass is 290 g/mol. The van der Waals surface area contributed by atoms with Gasteiger partial charge in [0.05, 0.1) is 32.5 Å². The van der Waals surface area contributed by atoms with E-state index in [1.807, 2.05) is 6.92 Å². The maximum Gasteiger partial charge on any atom is 0.270 e. The van der Waals surface area contributed by atoms with Gasteiger partial charge in [-0.1, -0.05) is 0 Å². The molecule has 1 fully saturated rings. The highest BCUT2D eigenvalue weighted by Gasteiger charge is 2.45. The summed E-state index contributed by atoms with van der Waals surface area (Å²) in [4.78, 5) is 0. The van der Waals surface area contributed by atoms with Gasteiger partial charge >= 0.3 is 0 Å². The summed E-state index contributed by atoms with van der Waals surface area (Å²) >= 11 is 0. The van der Waals surface area contributed by atoms with Crippen molar-refractivity contribution in [2.75, 3.05) is 33.5 Å². The highest BCUT2D eigenvalue weighted by molar-refractivity contribution is 5.31. The van der Waals surface area contributed by atoms with Crippen LogP contribution in [0.25, 0.3) is 0 Å². The first-order chi connectivity index (χ1) is 9.63. The van der Waals surface area contributed by atoms with Gasteiger partial charge in [0.25, 0.3) is 6.48 Å². The van der Waals surface area contributed by atoms with Gasteiger partial charge < -0.3 is 33.9 Å². The fraction of sp³-hybridized carbons (Fsp3) is 0.846. The van der Waals surface area contributed by atoms with E-state index in [4.69, 9.17) is 23.7 Å². The Morgan fingerprint density at radius 3 is 2.65 bits per heavy atom. The summed E-state index contributed by atoms with van der Waals surface area (Å²) in [5.74, 6) is 0. The lowest BCUT2D eigenvalue weighted by atomic mass is 9.85. The van der Waals surface area contributed by atoms with Crippen LogP contribution in [0.4, 0.5) is 0 Å². The van der Waals surface area contributed by atoms with E-state index in [2.05, 4.69) is 0 Å². The molecule has 0 aromatic carbocycles. The van der Waals surface area contributed by atoms with Gasteiger partial charge in [0.15, 0.2) is 0 Å². The average molecular weight is 290 g/mol. The Balaban J connectivity index is 1.71. The molecule has 0 radical (unpaired) electrons. The van der Waals surface area contributed by atoms with Crippen molar-refractivity contribution in [2.24, 2.45) is 0 Å². The van der Waals surface area contributed by atoms with Crippen LogP contribution in [0.2, 0.25) is 0 Å². The molecular formula is C13H22O7. The number of aliphatic hydroxyl groups excluding tert-OH is 2. The van der Waals surface area contributed by atoms with Crippen LogP contribution in [0.1, 0.15) is 6.92 Å². The molecule has 1 aliphatic carbocycles. The number of methoxy groups -OCH3 is 1. The first-order valence-electron chi connectivity index (χ1n) is 6.70. The molecule has 0 bridgehead atoms. The van der Waals surface area contributed by atoms with Crippen molar-refractivity contribution in [3.05, 3.63) is 11.6 Å². The molecule has 3 unspecified atom stereocenters. The average Bonchev–Trinajstić information content (AvgIpc) is 2.43. The molecule has 0 aromatic rings. The van der Waals surface area contributed by atoms with Crippen molar-refractivity contribution in [3.8, 4) is 0 Å². The fourth-order valence-corrected chi connectivity index (χ4v) is 2.24. The summed E-state index contributed by atoms with van der Waals surface area (Å²) in [6, 6.07) is 0. The molecule has 7 heteroatoms. The molecule has 116 valence electrons. The molecule has 7 nitrogen and oxygen atoms in total. The molecule has 1 saturated heterocycles. The normalized spacial score (nSPS) is 34.1. The Bertz CT molecular complexity index is 333. The molecule has 0 spiro atoms. The fourth-order valence-electron chi connectivity index (χ4n) is 2.24. The first-order valence-corrected chi connectivity index (χ1v) is 6.70. The Hall–Kier alpha value is -0.540. The second-order valence-corrected chi connectivity index (χ2v) is 4.76. The van der Waals surface area contributed by atoms with E-state index in [1.165, 1.54) is 0 Å². The minimum atomic E-state index is -1.33. The summed E-state index contributed by atoms with van der Waals surface area (Å²) in [5.41, 5.74) is 0.815. The molecule has 1 aliphatic heterocycles. The summed E-state index contributed by atoms with van der Waals surface area (Å²) in [5, 5.41) is 19.0. The zero-order chi connectivity index (χ0) is 14.5. The summed E-state index contributed by atoms with van der Waals surface area (Å²) in [6.45, 7) is 2.48. The van der Waals surface area contributed by atoms with E-state index in [1.54, 1.807) is 13.2 Å². The van der Waals surface area contributed by atoms with Crippen LogP contribution in [0.5, 0.6) is 0 Å². The number of aliphatic hydroxyl groups is 2. The summed E-state index contributed by atoms with van der Waals surface area (Å²) in [6.07, 6.45) is -0.189. The van der Waals surface area contributed by atoms with Crippen LogP contribution >= 0.6 is 0 Å². The number of ether oxygens (including phenoxy) is 5. The van der Waals surface area contributed by atoms with Crippen molar-refractivity contribution in [1.29, 1.82) is 0 Å². The van der Waals surface area contributed by atoms with Gasteiger partial charge in [-0.15, -0.1) is 0 Å². The zero-order valence-corrected chi connectivity index (χ0v) is 11.7. The third-order valence-corrected chi connectivity index (χ3v) is 3.32. The topological polar surface area (TPSA) is 86.6 Å². The third-order valence-electron chi connectivity index (χ3n) is 3.32. The van der Waals surface area contributed by atoms with E-state index in [0.29, 0.717) is 26.4 Å². The van der Waals surface area contributed by atoms with Crippen LogP contribution in [0, 0.1) is 0 Å². The molecule has 0 aromatic heterocycles. The van der Waals surface area contributed by atoms with Gasteiger partial charge in [-0.05, 0) is 18.6 Å². The smallest absolute Gasteiger partial charge is 0.270 e. The number of fused-ring (bicyclic) bond motifs is 1. The predicted molar refractivity (Wildman–Crippen MR) is 68.0 cm³/mol. The van der Waals surface area contributed by atoms with Gasteiger partial charge in [-0.25, -0.2) is 0 Å². The molecule has 2 aliphatic rings. The van der Waals surface area contributed by atoms with Gasteiger partial charge in [0, 0.05) is 7.11 Å². The minimum Gasteiger partial charge on any atom is -0.386 e. The summed E-state index contributed by atoms with van der Waals surface area (Å²) in [7, 11) is 1.62. The quantitative estimate of drug-likeness (QED) is 0.456. The van der Waals surface area contributed by atoms with Crippen molar-refractivity contribution >= 4 is 0 Å². The molecule has 20 heavy (non-hydrogen) atoms. The molecule has 2 rings (SSSR count). The van der Waals surface area contributed by atoms with Crippen LogP contribution < -0.4 is 0 Å². The van der Waals surface area contributed by atoms with E-state index < -0.39 is 24.8 Å². The van der Waals surface area contributed by atoms with Gasteiger partial charge in [0.1, 0.15) is 18.3 Å². The molecule has 0 amide bonds. The maximum atomic E-state index is 9.52. The van der Waals surface area contributed by atoms with E-state index >= 15 is 0 Å². The number of hydrogen-bond acceptors (Lipinski definition) is 7. The van der Waals surface area contributed by atoms with Crippen molar-refractivity contribution < 1.29 is 33.9 Å². The largest absolute Gasteiger partial charge is 0.386 e. The Morgan fingerprint density at radius 2 is 1.95 bits per heavy atom. The first kappa shape index (κ1) is 15.8. The predicted octanol–water partition coefficient (Wildman–Crippen LogP) is -0.585. The SMILES string of the molecule is COCCOCCOC(C)[C@@H]1OC(O)O[C@@H]2C1=CC2O. The van der Waals surface area contributed by atoms with Crippen molar-refractivity contribution in [3.63, 3.8) is 0 Å². The van der Waals surface area contributed by atoms with Crippen LogP contribution in [0.15, 0.2) is 11.6 Å². The Kier molecular flexibility index (Phi) is 5.91. The highest BCUT2D eigenvalue weighted by Crippen LogP contribution is 2.35. The van der Waals surface area contributed by atoms with Gasteiger partial charge in [-0.3, -0.25) is 0 Å². The van der Waals surface area contributed by atoms with Gasteiger partial charge in [-0.2, -0.15) is 0 Å². The van der Waals surface area contributed by atoms with Gasteiger partial charge in [0.2, 0.25) is 0 Å². The number of rotatable bonds is 8. The Morgan fingerprint density at radius 1 is 1.20 bits per heavy atom. The highest BCUT2D eigenvalue weighted by atomic mass is 16.8. The zero-order valence-electron chi connectivity index (χ0n) is 11.7. The minimum absolute atomic E-state index is 0.263. The standard InChI is InChI=1S/C13H22O7/c1-8(18-6-5-17-4-3-16-2)11-9-7-10(14)12(9)20-13(15)19-11/h7-8,10-15H,3-6H2,1-2H3/t8?,10?,11-,12+,13?/m0/s1. The molecule has 0 saturated carbocycles. The van der Waals surface area contributed by atoms with Crippen LogP contribution in [0.3, 0.4) is 0 Å². The third kappa shape index (κ3) is 3.76. The van der Waals surface area contributed by atoms with E-state index in [-0.39, 0.29) is 6.10 Å². The lowest BCUT2D eigenvalue weighted by molar-refractivity contribution is -0.336. The lowest BCUT2D eigenvalue weighted by Crippen LogP contribution is -2.54. The van der Waals surface area contributed by atoms with Crippen LogP contribution in [-0.4, -0.2) is 74.6 Å². The maximum absolute atomic E-state index is 9.52. The van der Waals surface area contributed by atoms with Crippen LogP contribution in [-0.2, 0) is 23.7 Å². The lowest BCUT2D eigenvalue weighted by Gasteiger charge is -2.44. The van der Waals surface area contributed by atoms with Crippen molar-refractivity contribution in [2.45, 2.75) is 37.8 Å². The molecule has 1 heterocycles. The summed E-state index contributed by atoms with van der Waals surface area (Å²) < 4.78 is 26.1. The molecule has 5 atom stereocenters. The second kappa shape index (κ2) is 7.46.